The molecule has 3 N–H and O–H groups in total. The fourth-order valence-corrected chi connectivity index (χ4v) is 1.02. The lowest BCUT2D eigenvalue weighted by Crippen LogP contribution is -1.80. The van der Waals surface area contributed by atoms with Crippen LogP contribution in [-0.4, -0.2) is 11.2 Å². The predicted octanol–water partition coefficient (Wildman–Crippen LogP) is 1.32. The van der Waals surface area contributed by atoms with E-state index in [0.717, 1.165) is 10.6 Å². The van der Waals surface area contributed by atoms with Gasteiger partial charge in [-0.15, -0.1) is 11.8 Å². The van der Waals surface area contributed by atoms with E-state index >= 15 is 0 Å². The Morgan fingerprint density at radius 3 is 2.62 bits per heavy atom. The summed E-state index contributed by atoms with van der Waals surface area (Å²) in [5.41, 5.74) is 6.33. The molecule has 8 heavy (non-hydrogen) atoms. The van der Waals surface area contributed by atoms with Crippen LogP contribution in [-0.2, 0) is 0 Å². The van der Waals surface area contributed by atoms with Gasteiger partial charge in [0.2, 0.25) is 0 Å². The first-order chi connectivity index (χ1) is 3.84. The SMILES string of the molecule is CSc1c[nH]cc1N. The average molecular weight is 128 g/mol. The monoisotopic (exact) mass is 128 g/mol. The van der Waals surface area contributed by atoms with Crippen molar-refractivity contribution in [3.8, 4) is 0 Å². The molecule has 1 heterocycles. The predicted molar refractivity (Wildman–Crippen MR) is 37.0 cm³/mol. The highest BCUT2D eigenvalue weighted by atomic mass is 32.2. The summed E-state index contributed by atoms with van der Waals surface area (Å²) in [6, 6.07) is 0. The molecule has 44 valence electrons. The minimum Gasteiger partial charge on any atom is -0.397 e. The summed E-state index contributed by atoms with van der Waals surface area (Å²) in [7, 11) is 0. The number of thioether (sulfide) groups is 1. The highest BCUT2D eigenvalue weighted by Gasteiger charge is 1.93. The number of hydrogen-bond donors (Lipinski definition) is 2. The molecule has 0 radical (unpaired) electrons. The third kappa shape index (κ3) is 0.816. The molecule has 0 atom stereocenters. The van der Waals surface area contributed by atoms with Crippen molar-refractivity contribution in [2.45, 2.75) is 4.90 Å². The van der Waals surface area contributed by atoms with Crippen LogP contribution in [0.2, 0.25) is 0 Å². The summed E-state index contributed by atoms with van der Waals surface area (Å²) >= 11 is 1.65. The van der Waals surface area contributed by atoms with Crippen LogP contribution in [0.25, 0.3) is 0 Å². The zero-order valence-electron chi connectivity index (χ0n) is 4.64. The number of aromatic nitrogens is 1. The largest absolute Gasteiger partial charge is 0.397 e. The number of nitrogens with one attached hydrogen (secondary N) is 1. The van der Waals surface area contributed by atoms with Crippen LogP contribution >= 0.6 is 11.8 Å². The molecule has 1 aromatic heterocycles. The normalized spacial score (nSPS) is 9.62. The first-order valence-corrected chi connectivity index (χ1v) is 3.53. The van der Waals surface area contributed by atoms with Crippen molar-refractivity contribution in [2.24, 2.45) is 0 Å². The number of rotatable bonds is 1. The molecular formula is C5H8N2S. The second kappa shape index (κ2) is 2.13. The Balaban J connectivity index is 2.92. The standard InChI is InChI=1S/C5H8N2S/c1-8-5-3-7-2-4(5)6/h2-3,7H,6H2,1H3. The fraction of sp³-hybridized carbons (Fsp3) is 0.200. The first-order valence-electron chi connectivity index (χ1n) is 2.31. The second-order valence-corrected chi connectivity index (χ2v) is 2.33. The van der Waals surface area contributed by atoms with Gasteiger partial charge in [-0.25, -0.2) is 0 Å². The highest BCUT2D eigenvalue weighted by molar-refractivity contribution is 7.98. The van der Waals surface area contributed by atoms with Crippen LogP contribution in [0.15, 0.2) is 17.3 Å². The molecule has 0 unspecified atom stereocenters. The summed E-state index contributed by atoms with van der Waals surface area (Å²) in [6.07, 6.45) is 5.67. The van der Waals surface area contributed by atoms with Crippen LogP contribution in [0.4, 0.5) is 5.69 Å². The summed E-state index contributed by atoms with van der Waals surface area (Å²) < 4.78 is 0. The maximum atomic E-state index is 5.50. The Morgan fingerprint density at radius 1 is 1.62 bits per heavy atom. The smallest absolute Gasteiger partial charge is 0.0629 e. The topological polar surface area (TPSA) is 41.8 Å². The maximum absolute atomic E-state index is 5.50. The van der Waals surface area contributed by atoms with E-state index in [1.54, 1.807) is 18.0 Å². The Labute approximate surface area is 52.5 Å². The van der Waals surface area contributed by atoms with Gasteiger partial charge in [0.1, 0.15) is 0 Å². The molecule has 0 amide bonds. The number of H-pyrrole nitrogens is 1. The molecule has 0 aliphatic carbocycles. The zero-order chi connectivity index (χ0) is 5.98. The molecule has 0 fully saturated rings. The van der Waals surface area contributed by atoms with Gasteiger partial charge in [-0.2, -0.15) is 0 Å². The van der Waals surface area contributed by atoms with Crippen molar-refractivity contribution in [1.82, 2.24) is 4.98 Å². The Hall–Kier alpha value is -0.570. The lowest BCUT2D eigenvalue weighted by molar-refractivity contribution is 1.38. The number of nitrogen functional groups attached to an aromatic ring is 1. The molecule has 3 heteroatoms. The van der Waals surface area contributed by atoms with E-state index in [1.165, 1.54) is 0 Å². The summed E-state index contributed by atoms with van der Waals surface area (Å²) in [6.45, 7) is 0. The third-order valence-corrected chi connectivity index (χ3v) is 1.75. The van der Waals surface area contributed by atoms with Gasteiger partial charge in [0.15, 0.2) is 0 Å². The van der Waals surface area contributed by atoms with Gasteiger partial charge >= 0.3 is 0 Å². The number of anilines is 1. The van der Waals surface area contributed by atoms with Crippen LogP contribution in [0.5, 0.6) is 0 Å². The number of hydrogen-bond acceptors (Lipinski definition) is 2. The van der Waals surface area contributed by atoms with Crippen molar-refractivity contribution in [3.63, 3.8) is 0 Å². The minimum absolute atomic E-state index is 0.831. The van der Waals surface area contributed by atoms with Crippen LogP contribution in [0.1, 0.15) is 0 Å². The van der Waals surface area contributed by atoms with Crippen LogP contribution in [0.3, 0.4) is 0 Å². The van der Waals surface area contributed by atoms with Gasteiger partial charge < -0.3 is 10.7 Å². The van der Waals surface area contributed by atoms with Crippen molar-refractivity contribution < 1.29 is 0 Å². The quantitative estimate of drug-likeness (QED) is 0.560. The number of aromatic amines is 1. The van der Waals surface area contributed by atoms with E-state index in [9.17, 15) is 0 Å². The molecule has 1 aromatic rings. The molecule has 0 saturated heterocycles. The Morgan fingerprint density at radius 2 is 2.38 bits per heavy atom. The van der Waals surface area contributed by atoms with Gasteiger partial charge in [-0.1, -0.05) is 0 Å². The van der Waals surface area contributed by atoms with E-state index in [0.29, 0.717) is 0 Å². The summed E-state index contributed by atoms with van der Waals surface area (Å²) in [4.78, 5) is 4.02. The Kier molecular flexibility index (Phi) is 1.48. The molecule has 0 aliphatic heterocycles. The molecule has 0 spiro atoms. The van der Waals surface area contributed by atoms with Crippen LogP contribution in [0, 0.1) is 0 Å². The van der Waals surface area contributed by atoms with Gasteiger partial charge in [-0.3, -0.25) is 0 Å². The third-order valence-electron chi connectivity index (χ3n) is 0.958. The van der Waals surface area contributed by atoms with E-state index < -0.39 is 0 Å². The lowest BCUT2D eigenvalue weighted by atomic mass is 10.6. The first kappa shape index (κ1) is 5.56. The number of nitrogens with two attached hydrogens (primary N) is 1. The van der Waals surface area contributed by atoms with Crippen molar-refractivity contribution >= 4 is 17.4 Å². The van der Waals surface area contributed by atoms with Crippen LogP contribution < -0.4 is 5.73 Å². The minimum atomic E-state index is 0.831. The maximum Gasteiger partial charge on any atom is 0.0629 e. The summed E-state index contributed by atoms with van der Waals surface area (Å²) in [5, 5.41) is 0. The molecule has 0 bridgehead atoms. The van der Waals surface area contributed by atoms with Crippen molar-refractivity contribution in [2.75, 3.05) is 12.0 Å². The average Bonchev–Trinajstić information content (AvgIpc) is 2.14. The fourth-order valence-electron chi connectivity index (χ4n) is 0.538. The Bertz CT molecular complexity index is 171. The van der Waals surface area contributed by atoms with E-state index in [-0.39, 0.29) is 0 Å². The lowest BCUT2D eigenvalue weighted by Gasteiger charge is -1.87. The van der Waals surface area contributed by atoms with Gasteiger partial charge in [0, 0.05) is 17.3 Å². The highest BCUT2D eigenvalue weighted by Crippen LogP contribution is 2.20. The van der Waals surface area contributed by atoms with Gasteiger partial charge in [0.05, 0.1) is 5.69 Å². The summed E-state index contributed by atoms with van der Waals surface area (Å²) in [5.74, 6) is 0. The van der Waals surface area contributed by atoms with E-state index in [1.807, 2.05) is 12.5 Å². The van der Waals surface area contributed by atoms with E-state index in [2.05, 4.69) is 4.98 Å². The zero-order valence-corrected chi connectivity index (χ0v) is 5.46. The molecule has 2 nitrogen and oxygen atoms in total. The molecule has 0 aromatic carbocycles. The molecule has 1 rings (SSSR count). The van der Waals surface area contributed by atoms with Crippen molar-refractivity contribution in [1.29, 1.82) is 0 Å². The van der Waals surface area contributed by atoms with E-state index in [4.69, 9.17) is 5.73 Å². The van der Waals surface area contributed by atoms with Crippen molar-refractivity contribution in [3.05, 3.63) is 12.4 Å². The second-order valence-electron chi connectivity index (χ2n) is 1.48. The van der Waals surface area contributed by atoms with Gasteiger partial charge in [-0.05, 0) is 6.26 Å². The molecule has 0 saturated carbocycles. The van der Waals surface area contributed by atoms with Gasteiger partial charge in [0.25, 0.3) is 0 Å². The molecular weight excluding hydrogens is 120 g/mol. The molecule has 0 aliphatic rings.